The van der Waals surface area contributed by atoms with Crippen molar-refractivity contribution >= 4 is 0 Å². The molecule has 1 nitrogen and oxygen atoms in total. The van der Waals surface area contributed by atoms with Gasteiger partial charge in [0.05, 0.1) is 0 Å². The van der Waals surface area contributed by atoms with Gasteiger partial charge in [0.15, 0.2) is 0 Å². The molecule has 0 aliphatic heterocycles. The number of hydrogen-bond acceptors (Lipinski definition) is 1. The van der Waals surface area contributed by atoms with Crippen LogP contribution in [0.3, 0.4) is 0 Å². The van der Waals surface area contributed by atoms with Gasteiger partial charge in [-0.2, -0.15) is 0 Å². The first-order chi connectivity index (χ1) is 15.3. The van der Waals surface area contributed by atoms with E-state index in [2.05, 4.69) is 19.1 Å². The lowest BCUT2D eigenvalue weighted by Gasteiger charge is -2.07. The van der Waals surface area contributed by atoms with Gasteiger partial charge in [0.2, 0.25) is 0 Å². The number of phenols is 1. The average molecular weight is 431 g/mol. The summed E-state index contributed by atoms with van der Waals surface area (Å²) in [5.41, 5.74) is 2.12. The summed E-state index contributed by atoms with van der Waals surface area (Å²) in [5.74, 6) is 0.510. The summed E-state index contributed by atoms with van der Waals surface area (Å²) in [4.78, 5) is 0. The standard InChI is InChI=1S/C30H54O/c1-3-4-5-6-7-8-9-10-11-12-13-14-15-16-17-18-19-20-21-22-23-26-29-27-24-25-28(2)30(29)31/h24-25,27,31H,3-23,26H2,1-2H3. The van der Waals surface area contributed by atoms with Crippen LogP contribution in [0, 0.1) is 6.92 Å². The fourth-order valence-electron chi connectivity index (χ4n) is 4.67. The third-order valence-corrected chi connectivity index (χ3v) is 6.87. The lowest BCUT2D eigenvalue weighted by atomic mass is 10.0. The first-order valence-corrected chi connectivity index (χ1v) is 14.0. The van der Waals surface area contributed by atoms with Gasteiger partial charge in [0, 0.05) is 0 Å². The van der Waals surface area contributed by atoms with Crippen LogP contribution in [-0.4, -0.2) is 5.11 Å². The Morgan fingerprint density at radius 3 is 1.26 bits per heavy atom. The molecule has 1 heteroatoms. The fraction of sp³-hybridized carbons (Fsp3) is 0.800. The van der Waals surface area contributed by atoms with Crippen molar-refractivity contribution in [3.05, 3.63) is 29.3 Å². The smallest absolute Gasteiger partial charge is 0.121 e. The lowest BCUT2D eigenvalue weighted by Crippen LogP contribution is -1.89. The zero-order valence-corrected chi connectivity index (χ0v) is 21.2. The third-order valence-electron chi connectivity index (χ3n) is 6.87. The van der Waals surface area contributed by atoms with Crippen molar-refractivity contribution in [3.8, 4) is 5.75 Å². The van der Waals surface area contributed by atoms with E-state index in [0.29, 0.717) is 5.75 Å². The summed E-state index contributed by atoms with van der Waals surface area (Å²) in [7, 11) is 0. The van der Waals surface area contributed by atoms with Crippen molar-refractivity contribution < 1.29 is 5.11 Å². The SMILES string of the molecule is CCCCCCCCCCCCCCCCCCCCCCCc1cccc(C)c1O. The van der Waals surface area contributed by atoms with E-state index in [9.17, 15) is 5.11 Å². The highest BCUT2D eigenvalue weighted by Gasteiger charge is 2.03. The quantitative estimate of drug-likeness (QED) is 0.181. The monoisotopic (exact) mass is 430 g/mol. The minimum atomic E-state index is 0.510. The second-order valence-corrected chi connectivity index (χ2v) is 9.90. The average Bonchev–Trinajstić information content (AvgIpc) is 2.77. The van der Waals surface area contributed by atoms with Crippen molar-refractivity contribution in [1.29, 1.82) is 0 Å². The highest BCUT2D eigenvalue weighted by molar-refractivity contribution is 5.39. The molecule has 1 N–H and O–H groups in total. The second-order valence-electron chi connectivity index (χ2n) is 9.90. The molecular weight excluding hydrogens is 376 g/mol. The van der Waals surface area contributed by atoms with E-state index in [1.807, 2.05) is 13.0 Å². The van der Waals surface area contributed by atoms with Gasteiger partial charge in [-0.15, -0.1) is 0 Å². The van der Waals surface area contributed by atoms with Gasteiger partial charge < -0.3 is 5.11 Å². The molecule has 0 saturated heterocycles. The largest absolute Gasteiger partial charge is 0.507 e. The van der Waals surface area contributed by atoms with Crippen LogP contribution < -0.4 is 0 Å². The first kappa shape index (κ1) is 28.1. The lowest BCUT2D eigenvalue weighted by molar-refractivity contribution is 0.461. The Hall–Kier alpha value is -0.980. The normalized spacial score (nSPS) is 11.3. The maximum Gasteiger partial charge on any atom is 0.121 e. The van der Waals surface area contributed by atoms with Crippen LogP contribution in [0.1, 0.15) is 153 Å². The van der Waals surface area contributed by atoms with Gasteiger partial charge in [-0.3, -0.25) is 0 Å². The molecule has 31 heavy (non-hydrogen) atoms. The van der Waals surface area contributed by atoms with Crippen molar-refractivity contribution in [3.63, 3.8) is 0 Å². The Bertz CT molecular complexity index is 507. The van der Waals surface area contributed by atoms with Crippen LogP contribution in [-0.2, 0) is 6.42 Å². The van der Waals surface area contributed by atoms with Crippen LogP contribution in [0.25, 0.3) is 0 Å². The van der Waals surface area contributed by atoms with E-state index in [-0.39, 0.29) is 0 Å². The van der Waals surface area contributed by atoms with Gasteiger partial charge in [0.1, 0.15) is 5.75 Å². The van der Waals surface area contributed by atoms with E-state index in [4.69, 9.17) is 0 Å². The molecule has 1 aromatic carbocycles. The van der Waals surface area contributed by atoms with Crippen molar-refractivity contribution in [2.75, 3.05) is 0 Å². The number of rotatable bonds is 22. The van der Waals surface area contributed by atoms with Gasteiger partial charge in [-0.05, 0) is 30.9 Å². The summed E-state index contributed by atoms with van der Waals surface area (Å²) in [6, 6.07) is 6.11. The zero-order chi connectivity index (χ0) is 22.4. The fourth-order valence-corrected chi connectivity index (χ4v) is 4.67. The molecule has 0 aliphatic rings. The molecule has 0 aromatic heterocycles. The van der Waals surface area contributed by atoms with Crippen LogP contribution >= 0.6 is 0 Å². The van der Waals surface area contributed by atoms with Gasteiger partial charge >= 0.3 is 0 Å². The topological polar surface area (TPSA) is 20.2 Å². The summed E-state index contributed by atoms with van der Waals surface area (Å²) in [6.07, 6.45) is 30.9. The Morgan fingerprint density at radius 2 is 0.871 bits per heavy atom. The molecule has 0 bridgehead atoms. The molecule has 0 fully saturated rings. The van der Waals surface area contributed by atoms with E-state index >= 15 is 0 Å². The summed E-state index contributed by atoms with van der Waals surface area (Å²) in [5, 5.41) is 10.1. The molecular formula is C30H54O. The van der Waals surface area contributed by atoms with Crippen molar-refractivity contribution in [1.82, 2.24) is 0 Å². The number of aryl methyl sites for hydroxylation is 2. The van der Waals surface area contributed by atoms with Gasteiger partial charge in [-0.25, -0.2) is 0 Å². The molecule has 0 saturated carbocycles. The third kappa shape index (κ3) is 16.3. The molecule has 0 unspecified atom stereocenters. The van der Waals surface area contributed by atoms with Gasteiger partial charge in [-0.1, -0.05) is 154 Å². The Labute approximate surface area is 195 Å². The predicted octanol–water partition coefficient (Wildman–Crippen LogP) is 10.5. The zero-order valence-electron chi connectivity index (χ0n) is 21.2. The Morgan fingerprint density at radius 1 is 0.516 bits per heavy atom. The van der Waals surface area contributed by atoms with Crippen LogP contribution in [0.2, 0.25) is 0 Å². The minimum Gasteiger partial charge on any atom is -0.507 e. The number of hydrogen-bond donors (Lipinski definition) is 1. The molecule has 0 heterocycles. The van der Waals surface area contributed by atoms with Crippen LogP contribution in [0.5, 0.6) is 5.75 Å². The summed E-state index contributed by atoms with van der Waals surface area (Å²) < 4.78 is 0. The van der Waals surface area contributed by atoms with Crippen LogP contribution in [0.15, 0.2) is 18.2 Å². The number of para-hydroxylation sites is 1. The maximum atomic E-state index is 10.1. The molecule has 0 amide bonds. The molecule has 0 radical (unpaired) electrons. The first-order valence-electron chi connectivity index (χ1n) is 14.0. The molecule has 1 aromatic rings. The highest BCUT2D eigenvalue weighted by Crippen LogP contribution is 2.23. The molecule has 0 atom stereocenters. The summed E-state index contributed by atoms with van der Waals surface area (Å²) in [6.45, 7) is 4.28. The highest BCUT2D eigenvalue weighted by atomic mass is 16.3. The Kier molecular flexibility index (Phi) is 18.9. The number of benzene rings is 1. The van der Waals surface area contributed by atoms with E-state index < -0.39 is 0 Å². The van der Waals surface area contributed by atoms with Crippen molar-refractivity contribution in [2.24, 2.45) is 0 Å². The van der Waals surface area contributed by atoms with Crippen LogP contribution in [0.4, 0.5) is 0 Å². The number of unbranched alkanes of at least 4 members (excludes halogenated alkanes) is 20. The molecule has 0 spiro atoms. The number of aromatic hydroxyl groups is 1. The maximum absolute atomic E-state index is 10.1. The molecule has 0 aliphatic carbocycles. The molecule has 180 valence electrons. The molecule has 1 rings (SSSR count). The van der Waals surface area contributed by atoms with E-state index in [0.717, 1.165) is 17.5 Å². The van der Waals surface area contributed by atoms with E-state index in [1.165, 1.54) is 135 Å². The van der Waals surface area contributed by atoms with E-state index in [1.54, 1.807) is 0 Å². The second kappa shape index (κ2) is 20.9. The Balaban J connectivity index is 1.73. The minimum absolute atomic E-state index is 0.510. The van der Waals surface area contributed by atoms with Crippen molar-refractivity contribution in [2.45, 2.75) is 155 Å². The summed E-state index contributed by atoms with van der Waals surface area (Å²) >= 11 is 0. The van der Waals surface area contributed by atoms with Gasteiger partial charge in [0.25, 0.3) is 0 Å². The number of phenolic OH excluding ortho intramolecular Hbond substituents is 1. The predicted molar refractivity (Wildman–Crippen MR) is 139 cm³/mol.